The van der Waals surface area contributed by atoms with E-state index in [1.807, 2.05) is 42.6 Å². The first-order valence-electron chi connectivity index (χ1n) is 13.1. The van der Waals surface area contributed by atoms with Crippen LogP contribution in [0, 0.1) is 19.8 Å². The lowest BCUT2D eigenvalue weighted by Crippen LogP contribution is -2.36. The Labute approximate surface area is 245 Å². The van der Waals surface area contributed by atoms with Gasteiger partial charge in [0.15, 0.2) is 5.13 Å². The number of nitrogens with zero attached hydrogens (tertiary/aromatic N) is 2. The van der Waals surface area contributed by atoms with E-state index in [2.05, 4.69) is 4.90 Å². The molecular formula is C31H28ClF3N2O3S. The molecule has 214 valence electrons. The van der Waals surface area contributed by atoms with E-state index in [1.54, 1.807) is 13.0 Å². The van der Waals surface area contributed by atoms with Crippen molar-refractivity contribution in [2.75, 3.05) is 18.0 Å². The molecule has 0 bridgehead atoms. The topological polar surface area (TPSA) is 62.7 Å². The van der Waals surface area contributed by atoms with E-state index in [1.165, 1.54) is 23.5 Å². The molecule has 0 atom stereocenters. The fraction of sp³-hybridized carbons (Fsp3) is 0.290. The molecule has 2 heterocycles. The Bertz CT molecular complexity index is 1580. The summed E-state index contributed by atoms with van der Waals surface area (Å²) in [5, 5.41) is 12.6. The monoisotopic (exact) mass is 600 g/mol. The van der Waals surface area contributed by atoms with E-state index >= 15 is 0 Å². The lowest BCUT2D eigenvalue weighted by molar-refractivity contribution is -0.142. The summed E-state index contributed by atoms with van der Waals surface area (Å²) in [6.07, 6.45) is -3.20. The minimum Gasteiger partial charge on any atom is -0.488 e. The van der Waals surface area contributed by atoms with Crippen LogP contribution < -0.4 is 9.64 Å². The maximum atomic E-state index is 13.1. The van der Waals surface area contributed by atoms with Crippen molar-refractivity contribution in [2.45, 2.75) is 39.5 Å². The second-order valence-electron chi connectivity index (χ2n) is 10.2. The smallest absolute Gasteiger partial charge is 0.416 e. The van der Waals surface area contributed by atoms with Gasteiger partial charge in [0.1, 0.15) is 12.4 Å². The number of benzene rings is 3. The molecule has 0 aliphatic carbocycles. The van der Waals surface area contributed by atoms with Gasteiger partial charge in [-0.1, -0.05) is 35.9 Å². The quantitative estimate of drug-likeness (QED) is 0.230. The van der Waals surface area contributed by atoms with E-state index in [0.29, 0.717) is 42.3 Å². The van der Waals surface area contributed by atoms with Crippen molar-refractivity contribution < 1.29 is 27.8 Å². The predicted molar refractivity (Wildman–Crippen MR) is 156 cm³/mol. The third-order valence-corrected chi connectivity index (χ3v) is 8.55. The van der Waals surface area contributed by atoms with Crippen LogP contribution in [0.2, 0.25) is 5.02 Å². The van der Waals surface area contributed by atoms with Crippen LogP contribution >= 0.6 is 22.9 Å². The third-order valence-electron chi connectivity index (χ3n) is 7.41. The van der Waals surface area contributed by atoms with Gasteiger partial charge in [0.2, 0.25) is 0 Å². The van der Waals surface area contributed by atoms with Crippen molar-refractivity contribution in [3.8, 4) is 28.1 Å². The van der Waals surface area contributed by atoms with Crippen LogP contribution in [-0.2, 0) is 17.6 Å². The molecule has 1 aliphatic heterocycles. The molecule has 1 aliphatic rings. The van der Waals surface area contributed by atoms with Crippen LogP contribution in [0.25, 0.3) is 22.4 Å². The molecule has 1 saturated heterocycles. The molecule has 5 rings (SSSR count). The zero-order valence-electron chi connectivity index (χ0n) is 22.5. The number of hydrogen-bond donors (Lipinski definition) is 1. The molecule has 0 amide bonds. The van der Waals surface area contributed by atoms with Gasteiger partial charge in [0.25, 0.3) is 0 Å². The van der Waals surface area contributed by atoms with Gasteiger partial charge in [-0.3, -0.25) is 4.79 Å². The fourth-order valence-corrected chi connectivity index (χ4v) is 6.08. The number of ether oxygens (including phenoxy) is 1. The lowest BCUT2D eigenvalue weighted by Gasteiger charge is -2.29. The van der Waals surface area contributed by atoms with Crippen molar-refractivity contribution in [1.29, 1.82) is 0 Å². The molecule has 4 aromatic rings. The normalized spacial score (nSPS) is 14.3. The van der Waals surface area contributed by atoms with E-state index in [9.17, 15) is 23.1 Å². The Hall–Kier alpha value is -3.56. The highest BCUT2D eigenvalue weighted by Gasteiger charge is 2.30. The molecule has 1 fully saturated rings. The zero-order valence-corrected chi connectivity index (χ0v) is 24.0. The first-order chi connectivity index (χ1) is 19.5. The van der Waals surface area contributed by atoms with Crippen LogP contribution in [-0.4, -0.2) is 29.1 Å². The highest BCUT2D eigenvalue weighted by molar-refractivity contribution is 7.14. The number of halogens is 4. The number of anilines is 1. The van der Waals surface area contributed by atoms with Crippen molar-refractivity contribution >= 4 is 34.0 Å². The first kappa shape index (κ1) is 29.0. The van der Waals surface area contributed by atoms with Crippen molar-refractivity contribution in [3.63, 3.8) is 0 Å². The summed E-state index contributed by atoms with van der Waals surface area (Å²) in [6.45, 7) is 5.20. The number of aromatic nitrogens is 1. The van der Waals surface area contributed by atoms with E-state index < -0.39 is 17.7 Å². The average Bonchev–Trinajstić information content (AvgIpc) is 3.43. The summed E-state index contributed by atoms with van der Waals surface area (Å²) in [6, 6.07) is 15.0. The minimum absolute atomic E-state index is 0.284. The number of rotatable bonds is 7. The standard InChI is InChI=1S/C31H28ClF3N2O3S/c1-18-13-21(25-7-5-23(14-19(25)2)31(33,34)35)3-4-22(18)16-40-28-8-6-24(32)15-26(28)27-17-41-30(36-27)37-11-9-20(10-12-37)29(38)39/h3-8,13-15,17,20H,9-12,16H2,1-2H3,(H,38,39). The second kappa shape index (κ2) is 11.7. The van der Waals surface area contributed by atoms with Gasteiger partial charge in [-0.2, -0.15) is 13.2 Å². The lowest BCUT2D eigenvalue weighted by atomic mass is 9.95. The number of thiazole rings is 1. The van der Waals surface area contributed by atoms with Crippen LogP contribution in [0.5, 0.6) is 5.75 Å². The summed E-state index contributed by atoms with van der Waals surface area (Å²) in [5.41, 5.74) is 4.88. The Morgan fingerprint density at radius 1 is 1.05 bits per heavy atom. The molecule has 0 saturated carbocycles. The van der Waals surface area contributed by atoms with Crippen molar-refractivity contribution in [3.05, 3.63) is 87.3 Å². The average molecular weight is 601 g/mol. The van der Waals surface area contributed by atoms with E-state index in [4.69, 9.17) is 21.3 Å². The first-order valence-corrected chi connectivity index (χ1v) is 14.4. The molecule has 3 aromatic carbocycles. The number of carbonyl (C=O) groups is 1. The molecular weight excluding hydrogens is 573 g/mol. The largest absolute Gasteiger partial charge is 0.488 e. The minimum atomic E-state index is -4.37. The van der Waals surface area contributed by atoms with Crippen LogP contribution in [0.1, 0.15) is 35.1 Å². The fourth-order valence-electron chi connectivity index (χ4n) is 5.02. The highest BCUT2D eigenvalue weighted by atomic mass is 35.5. The van der Waals surface area contributed by atoms with Gasteiger partial charge in [-0.25, -0.2) is 4.98 Å². The van der Waals surface area contributed by atoms with Crippen LogP contribution in [0.4, 0.5) is 18.3 Å². The Morgan fingerprint density at radius 3 is 2.46 bits per heavy atom. The van der Waals surface area contributed by atoms with Crippen LogP contribution in [0.15, 0.2) is 60.0 Å². The Morgan fingerprint density at radius 2 is 1.80 bits per heavy atom. The molecule has 5 nitrogen and oxygen atoms in total. The van der Waals surface area contributed by atoms with Gasteiger partial charge < -0.3 is 14.7 Å². The van der Waals surface area contributed by atoms with E-state index in [0.717, 1.165) is 44.7 Å². The number of piperidine rings is 1. The van der Waals surface area contributed by atoms with Gasteiger partial charge >= 0.3 is 12.1 Å². The highest BCUT2D eigenvalue weighted by Crippen LogP contribution is 2.37. The SMILES string of the molecule is Cc1cc(-c2ccc(C(F)(F)F)cc2C)ccc1COc1ccc(Cl)cc1-c1csc(N2CCC(C(=O)O)CC2)n1. The zero-order chi connectivity index (χ0) is 29.3. The van der Waals surface area contributed by atoms with Gasteiger partial charge in [0.05, 0.1) is 17.2 Å². The molecule has 0 unspecified atom stereocenters. The maximum Gasteiger partial charge on any atom is 0.416 e. The predicted octanol–water partition coefficient (Wildman–Crippen LogP) is 8.65. The molecule has 0 radical (unpaired) electrons. The summed E-state index contributed by atoms with van der Waals surface area (Å²) < 4.78 is 45.5. The van der Waals surface area contributed by atoms with Gasteiger partial charge in [-0.05, 0) is 84.8 Å². The Balaban J connectivity index is 1.31. The number of carboxylic acid groups (broad SMARTS) is 1. The molecule has 0 spiro atoms. The Kier molecular flexibility index (Phi) is 8.29. The number of alkyl halides is 3. The molecule has 10 heteroatoms. The summed E-state index contributed by atoms with van der Waals surface area (Å²) in [7, 11) is 0. The summed E-state index contributed by atoms with van der Waals surface area (Å²) in [4.78, 5) is 18.2. The molecule has 1 N–H and O–H groups in total. The van der Waals surface area contributed by atoms with Gasteiger partial charge in [0, 0.05) is 29.1 Å². The maximum absolute atomic E-state index is 13.1. The summed E-state index contributed by atoms with van der Waals surface area (Å²) in [5.74, 6) is -0.433. The van der Waals surface area contributed by atoms with Gasteiger partial charge in [-0.15, -0.1) is 11.3 Å². The number of aryl methyl sites for hydroxylation is 2. The van der Waals surface area contributed by atoms with Crippen LogP contribution in [0.3, 0.4) is 0 Å². The number of hydrogen-bond acceptors (Lipinski definition) is 5. The number of aliphatic carboxylic acids is 1. The summed E-state index contributed by atoms with van der Waals surface area (Å²) >= 11 is 7.83. The molecule has 1 aromatic heterocycles. The molecule has 41 heavy (non-hydrogen) atoms. The van der Waals surface area contributed by atoms with Crippen molar-refractivity contribution in [1.82, 2.24) is 4.98 Å². The second-order valence-corrected chi connectivity index (χ2v) is 11.5. The van der Waals surface area contributed by atoms with Crippen molar-refractivity contribution in [2.24, 2.45) is 5.92 Å². The van der Waals surface area contributed by atoms with E-state index in [-0.39, 0.29) is 12.5 Å². The third kappa shape index (κ3) is 6.52. The number of carboxylic acids is 1.